The summed E-state index contributed by atoms with van der Waals surface area (Å²) in [7, 11) is 1.61. The van der Waals surface area contributed by atoms with Crippen LogP contribution >= 0.6 is 11.6 Å². The van der Waals surface area contributed by atoms with E-state index in [1.807, 2.05) is 38.1 Å². The summed E-state index contributed by atoms with van der Waals surface area (Å²) in [5, 5.41) is 6.73. The van der Waals surface area contributed by atoms with Gasteiger partial charge in [0.1, 0.15) is 0 Å². The fraction of sp³-hybridized carbons (Fsp3) is 0.500. The van der Waals surface area contributed by atoms with E-state index in [4.69, 9.17) is 16.3 Å². The molecule has 1 unspecified atom stereocenters. The van der Waals surface area contributed by atoms with Gasteiger partial charge in [0, 0.05) is 24.2 Å². The lowest BCUT2D eigenvalue weighted by Gasteiger charge is -2.16. The Bertz CT molecular complexity index is 395. The first-order valence-electron chi connectivity index (χ1n) is 6.30. The van der Waals surface area contributed by atoms with Crippen molar-refractivity contribution in [3.63, 3.8) is 0 Å². The Kier molecular flexibility index (Phi) is 6.84. The number of carbonyl (C=O) groups excluding carboxylic acids is 1. The van der Waals surface area contributed by atoms with E-state index in [0.29, 0.717) is 11.6 Å². The second kappa shape index (κ2) is 8.15. The number of amides is 1. The van der Waals surface area contributed by atoms with E-state index in [9.17, 15) is 4.79 Å². The zero-order chi connectivity index (χ0) is 14.3. The summed E-state index contributed by atoms with van der Waals surface area (Å²) >= 11 is 5.83. The average molecular weight is 285 g/mol. The molecule has 1 aromatic carbocycles. The van der Waals surface area contributed by atoms with Gasteiger partial charge in [-0.05, 0) is 31.5 Å². The zero-order valence-corrected chi connectivity index (χ0v) is 12.3. The van der Waals surface area contributed by atoms with Gasteiger partial charge in [0.25, 0.3) is 0 Å². The van der Waals surface area contributed by atoms with Crippen LogP contribution in [-0.2, 0) is 9.53 Å². The minimum atomic E-state index is -0.0367. The first-order chi connectivity index (χ1) is 9.02. The van der Waals surface area contributed by atoms with Crippen molar-refractivity contribution in [3.8, 4) is 0 Å². The number of carbonyl (C=O) groups is 1. The van der Waals surface area contributed by atoms with Crippen molar-refractivity contribution in [1.82, 2.24) is 10.6 Å². The van der Waals surface area contributed by atoms with E-state index in [2.05, 4.69) is 10.6 Å². The first-order valence-corrected chi connectivity index (χ1v) is 6.68. The topological polar surface area (TPSA) is 50.4 Å². The molecule has 0 fully saturated rings. The van der Waals surface area contributed by atoms with Crippen LogP contribution in [0.1, 0.15) is 25.5 Å². The van der Waals surface area contributed by atoms with Gasteiger partial charge in [0.05, 0.1) is 13.2 Å². The van der Waals surface area contributed by atoms with Crippen molar-refractivity contribution in [2.75, 3.05) is 20.3 Å². The highest BCUT2D eigenvalue weighted by Gasteiger charge is 2.09. The van der Waals surface area contributed by atoms with Crippen LogP contribution in [0.4, 0.5) is 0 Å². The molecule has 0 aliphatic heterocycles. The first kappa shape index (κ1) is 16.0. The van der Waals surface area contributed by atoms with E-state index in [1.54, 1.807) is 7.11 Å². The highest BCUT2D eigenvalue weighted by atomic mass is 35.5. The van der Waals surface area contributed by atoms with Gasteiger partial charge in [-0.25, -0.2) is 0 Å². The van der Waals surface area contributed by atoms with Crippen molar-refractivity contribution in [2.24, 2.45) is 0 Å². The van der Waals surface area contributed by atoms with Gasteiger partial charge in [0.2, 0.25) is 5.91 Å². The monoisotopic (exact) mass is 284 g/mol. The van der Waals surface area contributed by atoms with E-state index in [1.165, 1.54) is 0 Å². The highest BCUT2D eigenvalue weighted by Crippen LogP contribution is 2.15. The minimum Gasteiger partial charge on any atom is -0.383 e. The molecule has 2 atom stereocenters. The van der Waals surface area contributed by atoms with E-state index < -0.39 is 0 Å². The number of hydrogen-bond acceptors (Lipinski definition) is 3. The number of methoxy groups -OCH3 is 1. The molecule has 0 spiro atoms. The number of rotatable bonds is 7. The summed E-state index contributed by atoms with van der Waals surface area (Å²) in [5.41, 5.74) is 1.10. The summed E-state index contributed by atoms with van der Waals surface area (Å²) in [6.07, 6.45) is 0. The Labute approximate surface area is 119 Å². The lowest BCUT2D eigenvalue weighted by atomic mass is 10.1. The van der Waals surface area contributed by atoms with E-state index in [-0.39, 0.29) is 24.5 Å². The summed E-state index contributed by atoms with van der Waals surface area (Å²) < 4.78 is 4.96. The van der Waals surface area contributed by atoms with Gasteiger partial charge >= 0.3 is 0 Å². The molecule has 0 aliphatic rings. The molecule has 4 nitrogen and oxygen atoms in total. The molecule has 1 rings (SSSR count). The lowest BCUT2D eigenvalue weighted by molar-refractivity contribution is -0.121. The van der Waals surface area contributed by atoms with E-state index >= 15 is 0 Å². The van der Waals surface area contributed by atoms with Crippen LogP contribution in [0, 0.1) is 0 Å². The van der Waals surface area contributed by atoms with Gasteiger partial charge in [-0.3, -0.25) is 4.79 Å². The molecule has 0 heterocycles. The van der Waals surface area contributed by atoms with Crippen LogP contribution in [-0.4, -0.2) is 32.2 Å². The predicted molar refractivity (Wildman–Crippen MR) is 77.4 cm³/mol. The van der Waals surface area contributed by atoms with Crippen LogP contribution in [0.2, 0.25) is 5.02 Å². The van der Waals surface area contributed by atoms with Crippen LogP contribution < -0.4 is 10.6 Å². The average Bonchev–Trinajstić information content (AvgIpc) is 2.37. The second-order valence-electron chi connectivity index (χ2n) is 4.58. The van der Waals surface area contributed by atoms with Crippen molar-refractivity contribution in [3.05, 3.63) is 34.9 Å². The number of benzene rings is 1. The molecule has 0 aliphatic carbocycles. The maximum atomic E-state index is 11.7. The van der Waals surface area contributed by atoms with Gasteiger partial charge in [-0.2, -0.15) is 0 Å². The third kappa shape index (κ3) is 6.05. The zero-order valence-electron chi connectivity index (χ0n) is 11.6. The largest absolute Gasteiger partial charge is 0.383 e. The van der Waals surface area contributed by atoms with E-state index in [0.717, 1.165) is 5.56 Å². The fourth-order valence-corrected chi connectivity index (χ4v) is 1.86. The summed E-state index contributed by atoms with van der Waals surface area (Å²) in [6.45, 7) is 4.70. The van der Waals surface area contributed by atoms with Crippen LogP contribution in [0.3, 0.4) is 0 Å². The predicted octanol–water partition coefficient (Wildman–Crippen LogP) is 2.14. The highest BCUT2D eigenvalue weighted by molar-refractivity contribution is 6.30. The minimum absolute atomic E-state index is 0.0186. The SMILES string of the molecule is COCC(C)NC(=O)CN[C@@H](C)c1ccc(Cl)cc1. The molecule has 2 N–H and O–H groups in total. The Morgan fingerprint density at radius 2 is 1.95 bits per heavy atom. The molecule has 0 saturated heterocycles. The second-order valence-corrected chi connectivity index (χ2v) is 5.01. The smallest absolute Gasteiger partial charge is 0.234 e. The molecule has 0 radical (unpaired) electrons. The molecular weight excluding hydrogens is 264 g/mol. The molecule has 106 valence electrons. The molecule has 5 heteroatoms. The maximum absolute atomic E-state index is 11.7. The molecular formula is C14H21ClN2O2. The number of ether oxygens (including phenoxy) is 1. The Hall–Kier alpha value is -1.10. The maximum Gasteiger partial charge on any atom is 0.234 e. The van der Waals surface area contributed by atoms with Crippen molar-refractivity contribution < 1.29 is 9.53 Å². The van der Waals surface area contributed by atoms with Crippen molar-refractivity contribution >= 4 is 17.5 Å². The normalized spacial score (nSPS) is 13.9. The lowest BCUT2D eigenvalue weighted by Crippen LogP contribution is -2.41. The number of nitrogens with one attached hydrogen (secondary N) is 2. The fourth-order valence-electron chi connectivity index (χ4n) is 1.73. The molecule has 1 amide bonds. The molecule has 1 aromatic rings. The molecule has 19 heavy (non-hydrogen) atoms. The van der Waals surface area contributed by atoms with Gasteiger partial charge in [-0.1, -0.05) is 23.7 Å². The molecule has 0 bridgehead atoms. The molecule has 0 aromatic heterocycles. The van der Waals surface area contributed by atoms with Crippen LogP contribution in [0.25, 0.3) is 0 Å². The Morgan fingerprint density at radius 1 is 1.32 bits per heavy atom. The van der Waals surface area contributed by atoms with Crippen molar-refractivity contribution in [1.29, 1.82) is 0 Å². The quantitative estimate of drug-likeness (QED) is 0.807. The summed E-state index contributed by atoms with van der Waals surface area (Å²) in [4.78, 5) is 11.7. The Morgan fingerprint density at radius 3 is 2.53 bits per heavy atom. The van der Waals surface area contributed by atoms with Gasteiger partial charge < -0.3 is 15.4 Å². The van der Waals surface area contributed by atoms with Crippen molar-refractivity contribution in [2.45, 2.75) is 25.9 Å². The standard InChI is InChI=1S/C14H21ClN2O2/c1-10(9-19-3)17-14(18)8-16-11(2)12-4-6-13(15)7-5-12/h4-7,10-11,16H,8-9H2,1-3H3,(H,17,18)/t10?,11-/m0/s1. The van der Waals surface area contributed by atoms with Gasteiger partial charge in [0.15, 0.2) is 0 Å². The number of halogens is 1. The van der Waals surface area contributed by atoms with Crippen LogP contribution in [0.15, 0.2) is 24.3 Å². The third-order valence-corrected chi connectivity index (χ3v) is 3.01. The van der Waals surface area contributed by atoms with Crippen LogP contribution in [0.5, 0.6) is 0 Å². The third-order valence-electron chi connectivity index (χ3n) is 2.76. The molecule has 0 saturated carbocycles. The number of hydrogen-bond donors (Lipinski definition) is 2. The van der Waals surface area contributed by atoms with Gasteiger partial charge in [-0.15, -0.1) is 0 Å². The summed E-state index contributed by atoms with van der Waals surface area (Å²) in [6, 6.07) is 7.70. The summed E-state index contributed by atoms with van der Waals surface area (Å²) in [5.74, 6) is -0.0367. The Balaban J connectivity index is 2.35.